The summed E-state index contributed by atoms with van der Waals surface area (Å²) in [5.74, 6) is -0.0198. The predicted octanol–water partition coefficient (Wildman–Crippen LogP) is 2.48. The first-order valence-corrected chi connectivity index (χ1v) is 5.41. The van der Waals surface area contributed by atoms with Gasteiger partial charge in [0.2, 0.25) is 5.91 Å². The van der Waals surface area contributed by atoms with E-state index in [1.807, 2.05) is 51.1 Å². The van der Waals surface area contributed by atoms with Crippen molar-refractivity contribution in [1.29, 1.82) is 0 Å². The zero-order chi connectivity index (χ0) is 11.5. The number of amides is 1. The second-order valence-electron chi connectivity index (χ2n) is 4.21. The Morgan fingerprint density at radius 1 is 1.33 bits per heavy atom. The van der Waals surface area contributed by atoms with Gasteiger partial charge in [0.25, 0.3) is 0 Å². The van der Waals surface area contributed by atoms with Crippen molar-refractivity contribution in [2.45, 2.75) is 32.6 Å². The molecule has 0 aliphatic heterocycles. The molecule has 1 rings (SSSR count). The van der Waals surface area contributed by atoms with Gasteiger partial charge in [0, 0.05) is 0 Å². The van der Waals surface area contributed by atoms with Crippen LogP contribution in [0.25, 0.3) is 0 Å². The van der Waals surface area contributed by atoms with Gasteiger partial charge in [0.1, 0.15) is 0 Å². The first kappa shape index (κ1) is 11.8. The van der Waals surface area contributed by atoms with Crippen LogP contribution in [0.1, 0.15) is 32.8 Å². The highest BCUT2D eigenvalue weighted by molar-refractivity contribution is 5.87. The molecular weight excluding hydrogens is 186 g/mol. The van der Waals surface area contributed by atoms with Crippen LogP contribution in [0.2, 0.25) is 0 Å². The number of rotatable bonds is 4. The molecule has 0 heterocycles. The average Bonchev–Trinajstić information content (AvgIpc) is 2.20. The topological polar surface area (TPSA) is 43.1 Å². The van der Waals surface area contributed by atoms with E-state index in [1.165, 1.54) is 0 Å². The standard InChI is InChI=1S/C13H19NO/c1-4-13(10(2)3,12(14)15)11-8-6-5-7-9-11/h5-10H,4H2,1-3H3,(H2,14,15). The second-order valence-corrected chi connectivity index (χ2v) is 4.21. The summed E-state index contributed by atoms with van der Waals surface area (Å²) in [4.78, 5) is 11.7. The van der Waals surface area contributed by atoms with Crippen molar-refractivity contribution in [3.8, 4) is 0 Å². The van der Waals surface area contributed by atoms with E-state index >= 15 is 0 Å². The van der Waals surface area contributed by atoms with E-state index in [9.17, 15) is 4.79 Å². The van der Waals surface area contributed by atoms with Gasteiger partial charge in [-0.2, -0.15) is 0 Å². The summed E-state index contributed by atoms with van der Waals surface area (Å²) in [5.41, 5.74) is 6.07. The fraction of sp³-hybridized carbons (Fsp3) is 0.462. The van der Waals surface area contributed by atoms with E-state index in [4.69, 9.17) is 5.73 Å². The molecule has 1 unspecified atom stereocenters. The van der Waals surface area contributed by atoms with Crippen molar-refractivity contribution >= 4 is 5.91 Å². The number of hydrogen-bond donors (Lipinski definition) is 1. The van der Waals surface area contributed by atoms with Crippen molar-refractivity contribution < 1.29 is 4.79 Å². The third-order valence-corrected chi connectivity index (χ3v) is 3.27. The lowest BCUT2D eigenvalue weighted by molar-refractivity contribution is -0.125. The number of hydrogen-bond acceptors (Lipinski definition) is 1. The molecule has 0 aliphatic rings. The molecule has 0 spiro atoms. The molecule has 1 atom stereocenters. The van der Waals surface area contributed by atoms with E-state index in [0.717, 1.165) is 12.0 Å². The highest BCUT2D eigenvalue weighted by atomic mass is 16.1. The smallest absolute Gasteiger partial charge is 0.228 e. The van der Waals surface area contributed by atoms with Crippen LogP contribution >= 0.6 is 0 Å². The molecule has 1 amide bonds. The molecule has 1 aromatic rings. The lowest BCUT2D eigenvalue weighted by Crippen LogP contribution is -2.45. The molecule has 2 N–H and O–H groups in total. The number of primary amides is 1. The maximum absolute atomic E-state index is 11.7. The molecule has 0 aliphatic carbocycles. The average molecular weight is 205 g/mol. The lowest BCUT2D eigenvalue weighted by atomic mass is 9.69. The molecule has 15 heavy (non-hydrogen) atoms. The Hall–Kier alpha value is -1.31. The lowest BCUT2D eigenvalue weighted by Gasteiger charge is -2.34. The molecule has 1 aromatic carbocycles. The van der Waals surface area contributed by atoms with Crippen molar-refractivity contribution in [3.05, 3.63) is 35.9 Å². The number of benzene rings is 1. The highest BCUT2D eigenvalue weighted by Crippen LogP contribution is 2.35. The van der Waals surface area contributed by atoms with Crippen LogP contribution in [0.5, 0.6) is 0 Å². The molecule has 0 saturated heterocycles. The zero-order valence-corrected chi connectivity index (χ0v) is 9.66. The van der Waals surface area contributed by atoms with Crippen LogP contribution in [-0.4, -0.2) is 5.91 Å². The molecule has 0 saturated carbocycles. The minimum absolute atomic E-state index is 0.211. The quantitative estimate of drug-likeness (QED) is 0.806. The number of carbonyl (C=O) groups is 1. The van der Waals surface area contributed by atoms with Gasteiger partial charge in [0.15, 0.2) is 0 Å². The minimum atomic E-state index is -0.527. The molecule has 0 radical (unpaired) electrons. The largest absolute Gasteiger partial charge is 0.369 e. The van der Waals surface area contributed by atoms with E-state index < -0.39 is 5.41 Å². The van der Waals surface area contributed by atoms with Gasteiger partial charge in [-0.1, -0.05) is 51.1 Å². The normalized spacial score (nSPS) is 14.9. The summed E-state index contributed by atoms with van der Waals surface area (Å²) >= 11 is 0. The summed E-state index contributed by atoms with van der Waals surface area (Å²) < 4.78 is 0. The second kappa shape index (κ2) is 4.47. The van der Waals surface area contributed by atoms with Gasteiger partial charge in [-0.25, -0.2) is 0 Å². The Balaban J connectivity index is 3.28. The van der Waals surface area contributed by atoms with Crippen LogP contribution in [0.15, 0.2) is 30.3 Å². The Morgan fingerprint density at radius 2 is 1.87 bits per heavy atom. The molecular formula is C13H19NO. The third kappa shape index (κ3) is 1.89. The van der Waals surface area contributed by atoms with Crippen LogP contribution in [-0.2, 0) is 10.2 Å². The van der Waals surface area contributed by atoms with Gasteiger partial charge in [-0.05, 0) is 17.9 Å². The summed E-state index contributed by atoms with van der Waals surface area (Å²) in [6.07, 6.45) is 0.740. The van der Waals surface area contributed by atoms with Gasteiger partial charge < -0.3 is 5.73 Å². The summed E-state index contributed by atoms with van der Waals surface area (Å²) in [5, 5.41) is 0. The summed E-state index contributed by atoms with van der Waals surface area (Å²) in [6, 6.07) is 9.81. The van der Waals surface area contributed by atoms with Crippen LogP contribution in [0.4, 0.5) is 0 Å². The molecule has 82 valence electrons. The maximum Gasteiger partial charge on any atom is 0.228 e. The predicted molar refractivity (Wildman–Crippen MR) is 62.4 cm³/mol. The molecule has 0 bridgehead atoms. The number of nitrogens with two attached hydrogens (primary N) is 1. The Morgan fingerprint density at radius 3 is 2.20 bits per heavy atom. The van der Waals surface area contributed by atoms with Crippen LogP contribution < -0.4 is 5.73 Å². The van der Waals surface area contributed by atoms with Gasteiger partial charge in [-0.15, -0.1) is 0 Å². The van der Waals surface area contributed by atoms with E-state index in [2.05, 4.69) is 0 Å². The van der Waals surface area contributed by atoms with Crippen LogP contribution in [0.3, 0.4) is 0 Å². The summed E-state index contributed by atoms with van der Waals surface area (Å²) in [7, 11) is 0. The Labute approximate surface area is 91.5 Å². The fourth-order valence-corrected chi connectivity index (χ4v) is 2.28. The van der Waals surface area contributed by atoms with E-state index in [-0.39, 0.29) is 11.8 Å². The Kier molecular flexibility index (Phi) is 3.51. The van der Waals surface area contributed by atoms with Gasteiger partial charge in [0.05, 0.1) is 5.41 Å². The van der Waals surface area contributed by atoms with Crippen molar-refractivity contribution in [1.82, 2.24) is 0 Å². The maximum atomic E-state index is 11.7. The molecule has 2 heteroatoms. The molecule has 0 aromatic heterocycles. The summed E-state index contributed by atoms with van der Waals surface area (Å²) in [6.45, 7) is 6.10. The number of carbonyl (C=O) groups excluding carboxylic acids is 1. The van der Waals surface area contributed by atoms with Crippen molar-refractivity contribution in [2.24, 2.45) is 11.7 Å². The van der Waals surface area contributed by atoms with E-state index in [0.29, 0.717) is 0 Å². The first-order chi connectivity index (χ1) is 7.05. The fourth-order valence-electron chi connectivity index (χ4n) is 2.28. The zero-order valence-electron chi connectivity index (χ0n) is 9.66. The molecule has 0 fully saturated rings. The van der Waals surface area contributed by atoms with Crippen LogP contribution in [0, 0.1) is 5.92 Å². The van der Waals surface area contributed by atoms with Crippen molar-refractivity contribution in [2.75, 3.05) is 0 Å². The van der Waals surface area contributed by atoms with Gasteiger partial charge in [-0.3, -0.25) is 4.79 Å². The Bertz CT molecular complexity index is 332. The molecule has 2 nitrogen and oxygen atoms in total. The highest BCUT2D eigenvalue weighted by Gasteiger charge is 2.39. The third-order valence-electron chi connectivity index (χ3n) is 3.27. The van der Waals surface area contributed by atoms with Crippen molar-refractivity contribution in [3.63, 3.8) is 0 Å². The monoisotopic (exact) mass is 205 g/mol. The van der Waals surface area contributed by atoms with Gasteiger partial charge >= 0.3 is 0 Å². The first-order valence-electron chi connectivity index (χ1n) is 5.41. The van der Waals surface area contributed by atoms with E-state index in [1.54, 1.807) is 0 Å². The minimum Gasteiger partial charge on any atom is -0.369 e. The SMILES string of the molecule is CCC(C(N)=O)(c1ccccc1)C(C)C.